The summed E-state index contributed by atoms with van der Waals surface area (Å²) in [6.07, 6.45) is 6.51. The fraction of sp³-hybridized carbons (Fsp3) is 0.478. The third-order valence-corrected chi connectivity index (χ3v) is 6.10. The highest BCUT2D eigenvalue weighted by molar-refractivity contribution is 6.09. The Bertz CT molecular complexity index is 1110. The van der Waals surface area contributed by atoms with Crippen LogP contribution in [0.1, 0.15) is 49.7 Å². The number of Topliss-reactive ketones (excluding diaryl/α,β-unsaturated/α-hetero) is 1. The fourth-order valence-corrected chi connectivity index (χ4v) is 4.48. The highest BCUT2D eigenvalue weighted by Gasteiger charge is 2.25. The van der Waals surface area contributed by atoms with Crippen molar-refractivity contribution < 1.29 is 14.3 Å². The number of ketones is 1. The van der Waals surface area contributed by atoms with Crippen molar-refractivity contribution in [2.24, 2.45) is 0 Å². The van der Waals surface area contributed by atoms with Crippen LogP contribution >= 0.6 is 0 Å². The zero-order valence-corrected chi connectivity index (χ0v) is 18.0. The van der Waals surface area contributed by atoms with E-state index in [0.29, 0.717) is 24.3 Å². The number of hydrogen-bond donors (Lipinski definition) is 0. The number of nitrogens with zero attached hydrogens (tertiary/aromatic N) is 5. The van der Waals surface area contributed by atoms with Crippen molar-refractivity contribution in [3.8, 4) is 11.4 Å². The molecule has 0 radical (unpaired) electrons. The van der Waals surface area contributed by atoms with Crippen LogP contribution in [0, 0.1) is 0 Å². The van der Waals surface area contributed by atoms with Crippen LogP contribution in [0.15, 0.2) is 30.6 Å². The molecule has 0 aromatic carbocycles. The third kappa shape index (κ3) is 3.70. The van der Waals surface area contributed by atoms with E-state index in [-0.39, 0.29) is 18.1 Å². The molecule has 0 N–H and O–H groups in total. The van der Waals surface area contributed by atoms with E-state index in [1.165, 1.54) is 0 Å². The summed E-state index contributed by atoms with van der Waals surface area (Å²) in [5.41, 5.74) is 2.94. The zero-order valence-electron chi connectivity index (χ0n) is 18.0. The molecule has 0 amide bonds. The molecule has 31 heavy (non-hydrogen) atoms. The Hall–Kier alpha value is -2.84. The second kappa shape index (κ2) is 8.36. The van der Waals surface area contributed by atoms with Crippen LogP contribution in [-0.4, -0.2) is 57.9 Å². The molecule has 2 atom stereocenters. The topological polar surface area (TPSA) is 82.4 Å². The number of carbonyl (C=O) groups is 1. The number of anilines is 1. The number of hydrogen-bond acceptors (Lipinski definition) is 7. The first-order chi connectivity index (χ1) is 15.1. The van der Waals surface area contributed by atoms with Gasteiger partial charge in [0.05, 0.1) is 24.9 Å². The van der Waals surface area contributed by atoms with Gasteiger partial charge < -0.3 is 14.4 Å². The summed E-state index contributed by atoms with van der Waals surface area (Å²) in [5, 5.41) is 5.34. The van der Waals surface area contributed by atoms with E-state index < -0.39 is 0 Å². The van der Waals surface area contributed by atoms with Gasteiger partial charge in [0.1, 0.15) is 17.0 Å². The number of fused-ring (bicyclic) bond motifs is 1. The van der Waals surface area contributed by atoms with Crippen LogP contribution in [-0.2, 0) is 9.47 Å². The van der Waals surface area contributed by atoms with Gasteiger partial charge in [-0.1, -0.05) is 0 Å². The van der Waals surface area contributed by atoms with E-state index in [9.17, 15) is 4.79 Å². The summed E-state index contributed by atoms with van der Waals surface area (Å²) in [5.74, 6) is 0.790. The van der Waals surface area contributed by atoms with E-state index in [1.54, 1.807) is 19.3 Å². The molecule has 5 rings (SSSR count). The molecule has 0 saturated carbocycles. The molecule has 5 heterocycles. The van der Waals surface area contributed by atoms with Gasteiger partial charge in [-0.25, -0.2) is 9.67 Å². The van der Waals surface area contributed by atoms with Crippen LogP contribution in [0.3, 0.4) is 0 Å². The molecule has 0 spiro atoms. The maximum atomic E-state index is 12.6. The molecule has 8 nitrogen and oxygen atoms in total. The van der Waals surface area contributed by atoms with Crippen LogP contribution in [0.5, 0.6) is 0 Å². The maximum Gasteiger partial charge on any atom is 0.160 e. The van der Waals surface area contributed by atoms with E-state index in [0.717, 1.165) is 55.0 Å². The smallest absolute Gasteiger partial charge is 0.160 e. The summed E-state index contributed by atoms with van der Waals surface area (Å²) in [6.45, 7) is 6.46. The number of rotatable bonds is 4. The van der Waals surface area contributed by atoms with Gasteiger partial charge in [0.2, 0.25) is 0 Å². The second-order valence-electron chi connectivity index (χ2n) is 8.24. The molecule has 2 saturated heterocycles. The highest BCUT2D eigenvalue weighted by atomic mass is 16.5. The number of morpholine rings is 1. The van der Waals surface area contributed by atoms with Gasteiger partial charge in [-0.05, 0) is 51.3 Å². The van der Waals surface area contributed by atoms with E-state index >= 15 is 0 Å². The summed E-state index contributed by atoms with van der Waals surface area (Å²) >= 11 is 0. The van der Waals surface area contributed by atoms with Crippen molar-refractivity contribution >= 4 is 22.5 Å². The van der Waals surface area contributed by atoms with Gasteiger partial charge in [-0.3, -0.25) is 9.78 Å². The third-order valence-electron chi connectivity index (χ3n) is 6.10. The van der Waals surface area contributed by atoms with Gasteiger partial charge in [0.25, 0.3) is 0 Å². The molecular weight excluding hydrogens is 394 g/mol. The average Bonchev–Trinajstić information content (AvgIpc) is 3.28. The first-order valence-corrected chi connectivity index (χ1v) is 10.9. The highest BCUT2D eigenvalue weighted by Crippen LogP contribution is 2.33. The summed E-state index contributed by atoms with van der Waals surface area (Å²) in [4.78, 5) is 24.4. The van der Waals surface area contributed by atoms with Gasteiger partial charge in [0.15, 0.2) is 12.0 Å². The van der Waals surface area contributed by atoms with Crippen LogP contribution in [0.4, 0.5) is 5.82 Å². The number of aromatic nitrogens is 4. The summed E-state index contributed by atoms with van der Waals surface area (Å²) in [6, 6.07) is 5.89. The van der Waals surface area contributed by atoms with Gasteiger partial charge >= 0.3 is 0 Å². The molecule has 2 fully saturated rings. The number of ether oxygens (including phenoxy) is 2. The lowest BCUT2D eigenvalue weighted by Gasteiger charge is -2.34. The van der Waals surface area contributed by atoms with Crippen molar-refractivity contribution in [1.82, 2.24) is 19.7 Å². The molecule has 3 aromatic heterocycles. The largest absolute Gasteiger partial charge is 0.377 e. The average molecular weight is 422 g/mol. The van der Waals surface area contributed by atoms with Crippen LogP contribution < -0.4 is 4.90 Å². The standard InChI is InChI=1S/C23H27N5O3/c1-15-14-30-12-10-27(15)20-13-18(16(2)29)17-6-8-24-23(22(17)26-20)19-7-9-25-28(19)21-5-3-4-11-31-21/h6-9,13,15,21H,3-5,10-12,14H2,1-2H3/t15-,21-/m1/s1. The Morgan fingerprint density at radius 1 is 1.19 bits per heavy atom. The predicted octanol–water partition coefficient (Wildman–Crippen LogP) is 3.62. The van der Waals surface area contributed by atoms with Crippen LogP contribution in [0.2, 0.25) is 0 Å². The van der Waals surface area contributed by atoms with Gasteiger partial charge in [0, 0.05) is 36.5 Å². The molecule has 3 aromatic rings. The van der Waals surface area contributed by atoms with E-state index in [2.05, 4.69) is 21.9 Å². The second-order valence-corrected chi connectivity index (χ2v) is 8.24. The van der Waals surface area contributed by atoms with Crippen molar-refractivity contribution in [2.45, 2.75) is 45.4 Å². The monoisotopic (exact) mass is 421 g/mol. The molecule has 0 aliphatic carbocycles. The Labute approximate surface area is 181 Å². The Balaban J connectivity index is 1.68. The van der Waals surface area contributed by atoms with Crippen LogP contribution in [0.25, 0.3) is 22.3 Å². The minimum Gasteiger partial charge on any atom is -0.377 e. The minimum atomic E-state index is -0.106. The van der Waals surface area contributed by atoms with Crippen molar-refractivity contribution in [3.63, 3.8) is 0 Å². The predicted molar refractivity (Wildman–Crippen MR) is 117 cm³/mol. The minimum absolute atomic E-state index is 0.0100. The first kappa shape index (κ1) is 20.1. The molecule has 162 valence electrons. The first-order valence-electron chi connectivity index (χ1n) is 10.9. The molecule has 0 bridgehead atoms. The number of pyridine rings is 2. The molecular formula is C23H27N5O3. The summed E-state index contributed by atoms with van der Waals surface area (Å²) < 4.78 is 13.5. The SMILES string of the molecule is CC(=O)c1cc(N2CCOC[C@H]2C)nc2c(-c3ccnn3[C@H]3CCCCO3)nccc12. The molecule has 8 heteroatoms. The van der Waals surface area contributed by atoms with E-state index in [4.69, 9.17) is 14.5 Å². The normalized spacial score (nSPS) is 22.1. The van der Waals surface area contributed by atoms with Crippen molar-refractivity contribution in [1.29, 1.82) is 0 Å². The molecule has 0 unspecified atom stereocenters. The fourth-order valence-electron chi connectivity index (χ4n) is 4.48. The molecule has 2 aliphatic rings. The van der Waals surface area contributed by atoms with Gasteiger partial charge in [-0.2, -0.15) is 5.10 Å². The lowest BCUT2D eigenvalue weighted by atomic mass is 10.0. The molecule has 2 aliphatic heterocycles. The summed E-state index contributed by atoms with van der Waals surface area (Å²) in [7, 11) is 0. The Morgan fingerprint density at radius 2 is 2.10 bits per heavy atom. The lowest BCUT2D eigenvalue weighted by Crippen LogP contribution is -2.44. The van der Waals surface area contributed by atoms with Crippen molar-refractivity contribution in [3.05, 3.63) is 36.2 Å². The zero-order chi connectivity index (χ0) is 21.4. The van der Waals surface area contributed by atoms with E-state index in [1.807, 2.05) is 22.9 Å². The maximum absolute atomic E-state index is 12.6. The van der Waals surface area contributed by atoms with Crippen molar-refractivity contribution in [2.75, 3.05) is 31.3 Å². The quantitative estimate of drug-likeness (QED) is 0.595. The number of carbonyl (C=O) groups excluding carboxylic acids is 1. The lowest BCUT2D eigenvalue weighted by molar-refractivity contribution is -0.0383. The Morgan fingerprint density at radius 3 is 2.87 bits per heavy atom. The van der Waals surface area contributed by atoms with Gasteiger partial charge in [-0.15, -0.1) is 0 Å². The Kier molecular flexibility index (Phi) is 5.41.